The van der Waals surface area contributed by atoms with Crippen molar-refractivity contribution in [1.82, 2.24) is 14.7 Å². The van der Waals surface area contributed by atoms with E-state index >= 15 is 0 Å². The van der Waals surface area contributed by atoms with Gasteiger partial charge in [0.15, 0.2) is 9.84 Å². The second-order valence-electron chi connectivity index (χ2n) is 7.26. The minimum Gasteiger partial charge on any atom is -0.444 e. The van der Waals surface area contributed by atoms with E-state index in [1.54, 1.807) is 39.8 Å². The van der Waals surface area contributed by atoms with Crippen molar-refractivity contribution >= 4 is 22.0 Å². The van der Waals surface area contributed by atoms with E-state index in [1.165, 1.54) is 9.80 Å². The van der Waals surface area contributed by atoms with Gasteiger partial charge in [-0.05, 0) is 20.8 Å². The molecule has 2 saturated heterocycles. The molecule has 23 heavy (non-hydrogen) atoms. The van der Waals surface area contributed by atoms with E-state index in [4.69, 9.17) is 4.74 Å². The average molecular weight is 347 g/mol. The van der Waals surface area contributed by atoms with Gasteiger partial charge < -0.3 is 19.4 Å². The Morgan fingerprint density at radius 1 is 1.04 bits per heavy atom. The molecule has 0 bridgehead atoms. The number of nitrogens with zero attached hydrogens (tertiary/aromatic N) is 3. The number of carbonyl (C=O) groups is 2. The molecule has 0 aromatic rings. The highest BCUT2D eigenvalue weighted by Gasteiger charge is 2.50. The lowest BCUT2D eigenvalue weighted by molar-refractivity contribution is -0.00403. The van der Waals surface area contributed by atoms with Gasteiger partial charge in [0, 0.05) is 27.2 Å². The van der Waals surface area contributed by atoms with Crippen LogP contribution in [0.3, 0.4) is 0 Å². The summed E-state index contributed by atoms with van der Waals surface area (Å²) in [5, 5.41) is 0. The normalized spacial score (nSPS) is 26.7. The van der Waals surface area contributed by atoms with Crippen molar-refractivity contribution in [3.05, 3.63) is 0 Å². The van der Waals surface area contributed by atoms with Gasteiger partial charge in [-0.3, -0.25) is 0 Å². The van der Waals surface area contributed by atoms with Gasteiger partial charge in [-0.25, -0.2) is 18.0 Å². The minimum atomic E-state index is -3.29. The summed E-state index contributed by atoms with van der Waals surface area (Å²) < 4.78 is 29.5. The van der Waals surface area contributed by atoms with Crippen molar-refractivity contribution in [1.29, 1.82) is 0 Å². The maximum Gasteiger partial charge on any atom is 0.410 e. The Bertz CT molecular complexity index is 596. The SMILES string of the molecule is CN(C)C(=O)N1CCN(C(=O)OC(C)(C)C)[C@@H]2CS(=O)(=O)C[C@@H]21. The molecule has 0 aliphatic carbocycles. The first-order chi connectivity index (χ1) is 10.4. The van der Waals surface area contributed by atoms with Gasteiger partial charge in [-0.15, -0.1) is 0 Å². The number of piperazine rings is 1. The summed E-state index contributed by atoms with van der Waals surface area (Å²) in [7, 11) is -0.0409. The predicted octanol–water partition coefficient (Wildman–Crippen LogP) is 0.386. The number of urea groups is 1. The van der Waals surface area contributed by atoms with E-state index in [0.29, 0.717) is 6.54 Å². The fourth-order valence-corrected chi connectivity index (χ4v) is 4.98. The van der Waals surface area contributed by atoms with E-state index in [2.05, 4.69) is 0 Å². The number of ether oxygens (including phenoxy) is 1. The highest BCUT2D eigenvalue weighted by molar-refractivity contribution is 7.91. The van der Waals surface area contributed by atoms with Crippen molar-refractivity contribution in [3.8, 4) is 0 Å². The van der Waals surface area contributed by atoms with Gasteiger partial charge in [0.25, 0.3) is 0 Å². The molecule has 8 nitrogen and oxygen atoms in total. The summed E-state index contributed by atoms with van der Waals surface area (Å²) in [4.78, 5) is 29.1. The first-order valence-corrected chi connectivity index (χ1v) is 9.41. The van der Waals surface area contributed by atoms with Crippen LogP contribution in [0, 0.1) is 0 Å². The third-order valence-electron chi connectivity index (χ3n) is 3.93. The molecule has 2 aliphatic rings. The van der Waals surface area contributed by atoms with Gasteiger partial charge in [-0.2, -0.15) is 0 Å². The molecule has 3 amide bonds. The Kier molecular flexibility index (Phi) is 4.53. The van der Waals surface area contributed by atoms with Gasteiger partial charge in [0.2, 0.25) is 0 Å². The number of hydrogen-bond donors (Lipinski definition) is 0. The van der Waals surface area contributed by atoms with Crippen molar-refractivity contribution in [2.24, 2.45) is 0 Å². The summed E-state index contributed by atoms with van der Waals surface area (Å²) in [5.74, 6) is -0.245. The monoisotopic (exact) mass is 347 g/mol. The van der Waals surface area contributed by atoms with Crippen LogP contribution >= 0.6 is 0 Å². The maximum atomic E-state index is 12.4. The topological polar surface area (TPSA) is 87.2 Å². The largest absolute Gasteiger partial charge is 0.444 e. The van der Waals surface area contributed by atoms with Crippen LogP contribution in [0.15, 0.2) is 0 Å². The summed E-state index contributed by atoms with van der Waals surface area (Å²) >= 11 is 0. The lowest BCUT2D eigenvalue weighted by atomic mass is 10.1. The number of hydrogen-bond acceptors (Lipinski definition) is 5. The molecule has 0 aromatic carbocycles. The molecule has 0 unspecified atom stereocenters. The minimum absolute atomic E-state index is 0.115. The van der Waals surface area contributed by atoms with Crippen LogP contribution in [-0.4, -0.2) is 91.6 Å². The number of carbonyl (C=O) groups excluding carboxylic acids is 2. The summed E-state index contributed by atoms with van der Waals surface area (Å²) in [5.41, 5.74) is -0.652. The molecule has 2 aliphatic heterocycles. The van der Waals surface area contributed by atoms with Crippen molar-refractivity contribution in [2.75, 3.05) is 38.7 Å². The molecule has 2 atom stereocenters. The van der Waals surface area contributed by atoms with Crippen molar-refractivity contribution < 1.29 is 22.7 Å². The molecule has 9 heteroatoms. The Morgan fingerprint density at radius 3 is 2.00 bits per heavy atom. The van der Waals surface area contributed by atoms with Crippen LogP contribution in [0.25, 0.3) is 0 Å². The van der Waals surface area contributed by atoms with E-state index in [1.807, 2.05) is 0 Å². The molecule has 2 fully saturated rings. The number of amides is 3. The smallest absolute Gasteiger partial charge is 0.410 e. The van der Waals surface area contributed by atoms with E-state index in [9.17, 15) is 18.0 Å². The molecule has 2 rings (SSSR count). The van der Waals surface area contributed by atoms with Gasteiger partial charge >= 0.3 is 12.1 Å². The van der Waals surface area contributed by atoms with Crippen LogP contribution in [0.5, 0.6) is 0 Å². The molecular weight excluding hydrogens is 322 g/mol. The lowest BCUT2D eigenvalue weighted by Gasteiger charge is -2.44. The van der Waals surface area contributed by atoms with Crippen molar-refractivity contribution in [2.45, 2.75) is 38.5 Å². The summed E-state index contributed by atoms with van der Waals surface area (Å²) in [6, 6.07) is -1.30. The number of sulfone groups is 1. The summed E-state index contributed by atoms with van der Waals surface area (Å²) in [6.07, 6.45) is -0.526. The third kappa shape index (κ3) is 3.88. The van der Waals surface area contributed by atoms with Crippen LogP contribution in [0.2, 0.25) is 0 Å². The first kappa shape index (κ1) is 17.8. The highest BCUT2D eigenvalue weighted by atomic mass is 32.2. The number of rotatable bonds is 0. The Morgan fingerprint density at radius 2 is 1.52 bits per heavy atom. The molecule has 0 aromatic heterocycles. The zero-order valence-electron chi connectivity index (χ0n) is 14.3. The molecule has 0 saturated carbocycles. The average Bonchev–Trinajstić information content (AvgIpc) is 2.68. The number of fused-ring (bicyclic) bond motifs is 1. The molecule has 0 radical (unpaired) electrons. The Balaban J connectivity index is 2.25. The van der Waals surface area contributed by atoms with E-state index in [0.717, 1.165) is 0 Å². The quantitative estimate of drug-likeness (QED) is 0.632. The third-order valence-corrected chi connectivity index (χ3v) is 5.63. The van der Waals surface area contributed by atoms with Gasteiger partial charge in [0.1, 0.15) is 5.60 Å². The van der Waals surface area contributed by atoms with Crippen LogP contribution in [0.4, 0.5) is 9.59 Å². The zero-order chi connectivity index (χ0) is 17.6. The first-order valence-electron chi connectivity index (χ1n) is 7.59. The second kappa shape index (κ2) is 5.85. The molecule has 0 spiro atoms. The Labute approximate surface area is 137 Å². The zero-order valence-corrected chi connectivity index (χ0v) is 15.1. The van der Waals surface area contributed by atoms with E-state index < -0.39 is 33.6 Å². The fraction of sp³-hybridized carbons (Fsp3) is 0.857. The molecule has 0 N–H and O–H groups in total. The molecular formula is C14H25N3O5S. The maximum absolute atomic E-state index is 12.4. The predicted molar refractivity (Wildman–Crippen MR) is 85.0 cm³/mol. The Hall–Kier alpha value is -1.51. The van der Waals surface area contributed by atoms with Gasteiger partial charge in [0.05, 0.1) is 23.6 Å². The van der Waals surface area contributed by atoms with Crippen LogP contribution in [-0.2, 0) is 14.6 Å². The lowest BCUT2D eigenvalue weighted by Crippen LogP contribution is -2.63. The van der Waals surface area contributed by atoms with E-state index in [-0.39, 0.29) is 24.1 Å². The van der Waals surface area contributed by atoms with Crippen LogP contribution in [0.1, 0.15) is 20.8 Å². The van der Waals surface area contributed by atoms with Gasteiger partial charge in [-0.1, -0.05) is 0 Å². The van der Waals surface area contributed by atoms with Crippen LogP contribution < -0.4 is 0 Å². The second-order valence-corrected chi connectivity index (χ2v) is 9.41. The standard InChI is InChI=1S/C14H25N3O5S/c1-14(2,3)22-13(19)17-7-6-16(12(18)15(4)5)10-8-23(20,21)9-11(10)17/h10-11H,6-9H2,1-5H3/t10-,11+/m0/s1. The molecule has 2 heterocycles. The fourth-order valence-electron chi connectivity index (χ4n) is 2.99. The highest BCUT2D eigenvalue weighted by Crippen LogP contribution is 2.28. The van der Waals surface area contributed by atoms with Crippen molar-refractivity contribution in [3.63, 3.8) is 0 Å². The summed E-state index contributed by atoms with van der Waals surface area (Å²) in [6.45, 7) is 5.86. The molecule has 132 valence electrons.